The first-order valence-corrected chi connectivity index (χ1v) is 8.47. The van der Waals surface area contributed by atoms with Crippen LogP contribution in [0.3, 0.4) is 0 Å². The summed E-state index contributed by atoms with van der Waals surface area (Å²) in [6.07, 6.45) is 1.07. The zero-order valence-electron chi connectivity index (χ0n) is 9.68. The molecule has 0 bridgehead atoms. The number of methoxy groups -OCH3 is 1. The fraction of sp³-hybridized carbons (Fsp3) is 1.00. The summed E-state index contributed by atoms with van der Waals surface area (Å²) < 4.78 is 11.6. The maximum absolute atomic E-state index is 6.08. The minimum absolute atomic E-state index is 0.224. The molecule has 0 radical (unpaired) electrons. The molecule has 3 heteroatoms. The summed E-state index contributed by atoms with van der Waals surface area (Å²) in [5.41, 5.74) is 0. The van der Waals surface area contributed by atoms with E-state index < -0.39 is 8.32 Å². The van der Waals surface area contributed by atoms with Crippen LogP contribution in [-0.4, -0.2) is 21.2 Å². The molecule has 0 amide bonds. The molecular weight excluding hydrogens is 180 g/mol. The number of hydrogen-bond acceptors (Lipinski definition) is 2. The lowest BCUT2D eigenvalue weighted by Gasteiger charge is -2.27. The van der Waals surface area contributed by atoms with Gasteiger partial charge in [-0.15, -0.1) is 0 Å². The second-order valence-corrected chi connectivity index (χ2v) is 9.71. The van der Waals surface area contributed by atoms with Gasteiger partial charge in [-0.25, -0.2) is 0 Å². The summed E-state index contributed by atoms with van der Waals surface area (Å²) in [5.74, 6) is 1.04. The summed E-state index contributed by atoms with van der Waals surface area (Å²) in [4.78, 5) is 0. The molecule has 0 spiro atoms. The van der Waals surface area contributed by atoms with Gasteiger partial charge in [0.25, 0.3) is 0 Å². The van der Waals surface area contributed by atoms with Crippen LogP contribution in [0, 0.1) is 11.8 Å². The lowest BCUT2D eigenvalue weighted by atomic mass is 10.1. The number of rotatable bonds is 4. The Labute approximate surface area is 82.7 Å². The fourth-order valence-electron chi connectivity index (χ4n) is 1.90. The maximum Gasteiger partial charge on any atom is 0.187 e. The highest BCUT2D eigenvalue weighted by molar-refractivity contribution is 6.69. The normalized spacial score (nSPS) is 33.9. The minimum atomic E-state index is -1.46. The molecule has 0 aliphatic heterocycles. The largest absolute Gasteiger partial charge is 0.391 e. The molecule has 78 valence electrons. The lowest BCUT2D eigenvalue weighted by molar-refractivity contribution is -0.103. The van der Waals surface area contributed by atoms with Gasteiger partial charge in [0.1, 0.15) is 0 Å². The average molecular weight is 202 g/mol. The van der Waals surface area contributed by atoms with E-state index in [2.05, 4.69) is 33.5 Å². The summed E-state index contributed by atoms with van der Waals surface area (Å²) in [5, 5.41) is 0. The van der Waals surface area contributed by atoms with Gasteiger partial charge in [-0.05, 0) is 25.6 Å². The van der Waals surface area contributed by atoms with Gasteiger partial charge < -0.3 is 9.16 Å². The topological polar surface area (TPSA) is 18.5 Å². The molecule has 13 heavy (non-hydrogen) atoms. The molecule has 0 aromatic rings. The average Bonchev–Trinajstić information content (AvgIpc) is 2.61. The molecule has 0 aromatic heterocycles. The van der Waals surface area contributed by atoms with Crippen LogP contribution in [0.25, 0.3) is 0 Å². The SMILES string of the molecule is COC1(O[Si](C)(C)C)C[C@H]1C(C)C. The van der Waals surface area contributed by atoms with Crippen LogP contribution in [0.1, 0.15) is 20.3 Å². The highest BCUT2D eigenvalue weighted by atomic mass is 28.4. The summed E-state index contributed by atoms with van der Waals surface area (Å²) in [7, 11) is 0.303. The van der Waals surface area contributed by atoms with E-state index in [1.807, 2.05) is 0 Å². The van der Waals surface area contributed by atoms with Crippen LogP contribution < -0.4 is 0 Å². The van der Waals surface area contributed by atoms with E-state index in [-0.39, 0.29) is 5.79 Å². The van der Waals surface area contributed by atoms with Crippen LogP contribution in [0.5, 0.6) is 0 Å². The number of ether oxygens (including phenoxy) is 1. The van der Waals surface area contributed by atoms with Gasteiger partial charge in [-0.3, -0.25) is 0 Å². The monoisotopic (exact) mass is 202 g/mol. The Morgan fingerprint density at radius 3 is 2.08 bits per heavy atom. The molecule has 1 unspecified atom stereocenters. The highest BCUT2D eigenvalue weighted by Crippen LogP contribution is 2.52. The van der Waals surface area contributed by atoms with Crippen LogP contribution in [0.15, 0.2) is 0 Å². The lowest BCUT2D eigenvalue weighted by Crippen LogP contribution is -2.36. The third-order valence-corrected chi connectivity index (χ3v) is 3.50. The van der Waals surface area contributed by atoms with Crippen molar-refractivity contribution in [3.8, 4) is 0 Å². The molecule has 0 saturated heterocycles. The highest BCUT2D eigenvalue weighted by Gasteiger charge is 2.59. The van der Waals surface area contributed by atoms with Gasteiger partial charge >= 0.3 is 0 Å². The predicted octanol–water partition coefficient (Wildman–Crippen LogP) is 2.86. The molecule has 0 N–H and O–H groups in total. The smallest absolute Gasteiger partial charge is 0.187 e. The van der Waals surface area contributed by atoms with Crippen molar-refractivity contribution in [2.24, 2.45) is 11.8 Å². The standard InChI is InChI=1S/C10H22O2Si/c1-8(2)9-7-10(9,11-3)12-13(4,5)6/h8-9H,7H2,1-6H3/t9-,10?/m0/s1. The zero-order valence-corrected chi connectivity index (χ0v) is 10.7. The minimum Gasteiger partial charge on any atom is -0.391 e. The first-order valence-electron chi connectivity index (χ1n) is 5.06. The zero-order chi connectivity index (χ0) is 10.3. The molecule has 0 heterocycles. The van der Waals surface area contributed by atoms with Gasteiger partial charge in [0.2, 0.25) is 0 Å². The van der Waals surface area contributed by atoms with E-state index in [1.165, 1.54) is 0 Å². The Balaban J connectivity index is 2.56. The Morgan fingerprint density at radius 1 is 1.31 bits per heavy atom. The van der Waals surface area contributed by atoms with Crippen LogP contribution in [0.2, 0.25) is 19.6 Å². The van der Waals surface area contributed by atoms with Gasteiger partial charge in [0.15, 0.2) is 14.1 Å². The first-order chi connectivity index (χ1) is 5.81. The second-order valence-electron chi connectivity index (χ2n) is 5.29. The van der Waals surface area contributed by atoms with E-state index >= 15 is 0 Å². The van der Waals surface area contributed by atoms with Gasteiger partial charge in [0.05, 0.1) is 0 Å². The van der Waals surface area contributed by atoms with Gasteiger partial charge in [-0.2, -0.15) is 0 Å². The molecule has 1 aliphatic rings. The second kappa shape index (κ2) is 3.37. The van der Waals surface area contributed by atoms with Crippen molar-refractivity contribution in [2.75, 3.05) is 7.11 Å². The van der Waals surface area contributed by atoms with Crippen molar-refractivity contribution in [3.05, 3.63) is 0 Å². The van der Waals surface area contributed by atoms with E-state index in [0.29, 0.717) is 11.8 Å². The van der Waals surface area contributed by atoms with E-state index in [0.717, 1.165) is 6.42 Å². The third kappa shape index (κ3) is 2.54. The predicted molar refractivity (Wildman–Crippen MR) is 57.1 cm³/mol. The van der Waals surface area contributed by atoms with E-state index in [1.54, 1.807) is 7.11 Å². The van der Waals surface area contributed by atoms with Crippen LogP contribution in [0.4, 0.5) is 0 Å². The van der Waals surface area contributed by atoms with Crippen molar-refractivity contribution in [1.29, 1.82) is 0 Å². The summed E-state index contributed by atoms with van der Waals surface area (Å²) in [6, 6.07) is 0. The van der Waals surface area contributed by atoms with Crippen LogP contribution in [-0.2, 0) is 9.16 Å². The molecule has 2 atom stereocenters. The van der Waals surface area contributed by atoms with E-state index in [9.17, 15) is 0 Å². The molecule has 0 aromatic carbocycles. The quantitative estimate of drug-likeness (QED) is 0.515. The molecule has 1 fully saturated rings. The Hall–Kier alpha value is 0.137. The molecule has 1 rings (SSSR count). The van der Waals surface area contributed by atoms with Crippen molar-refractivity contribution >= 4 is 8.32 Å². The number of hydrogen-bond donors (Lipinski definition) is 0. The summed E-state index contributed by atoms with van der Waals surface area (Å²) >= 11 is 0. The molecule has 1 aliphatic carbocycles. The van der Waals surface area contributed by atoms with E-state index in [4.69, 9.17) is 9.16 Å². The third-order valence-electron chi connectivity index (χ3n) is 2.54. The Bertz CT molecular complexity index is 186. The maximum atomic E-state index is 6.08. The molecule has 1 saturated carbocycles. The summed E-state index contributed by atoms with van der Waals surface area (Å²) in [6.45, 7) is 11.1. The van der Waals surface area contributed by atoms with Gasteiger partial charge in [0, 0.05) is 19.4 Å². The van der Waals surface area contributed by atoms with Crippen molar-refractivity contribution in [3.63, 3.8) is 0 Å². The van der Waals surface area contributed by atoms with Crippen molar-refractivity contribution in [2.45, 2.75) is 45.7 Å². The van der Waals surface area contributed by atoms with Crippen molar-refractivity contribution in [1.82, 2.24) is 0 Å². The van der Waals surface area contributed by atoms with Crippen molar-refractivity contribution < 1.29 is 9.16 Å². The molecule has 2 nitrogen and oxygen atoms in total. The molecular formula is C10H22O2Si. The Morgan fingerprint density at radius 2 is 1.85 bits per heavy atom. The van der Waals surface area contributed by atoms with Crippen LogP contribution >= 0.6 is 0 Å². The first kappa shape index (κ1) is 11.2. The van der Waals surface area contributed by atoms with Gasteiger partial charge in [-0.1, -0.05) is 13.8 Å². The fourth-order valence-corrected chi connectivity index (χ4v) is 3.26. The Kier molecular flexibility index (Phi) is 2.91.